The highest BCUT2D eigenvalue weighted by Gasteiger charge is 2.15. The second-order valence-corrected chi connectivity index (χ2v) is 5.84. The maximum absolute atomic E-state index is 12.5. The van der Waals surface area contributed by atoms with Crippen LogP contribution in [0, 0.1) is 6.92 Å². The average Bonchev–Trinajstić information content (AvgIpc) is 2.99. The summed E-state index contributed by atoms with van der Waals surface area (Å²) in [6, 6.07) is 7.12. The van der Waals surface area contributed by atoms with Gasteiger partial charge in [-0.1, -0.05) is 11.6 Å². The van der Waals surface area contributed by atoms with Crippen molar-refractivity contribution in [1.82, 2.24) is 9.55 Å². The van der Waals surface area contributed by atoms with Crippen LogP contribution < -0.4 is 10.3 Å². The van der Waals surface area contributed by atoms with Crippen LogP contribution in [-0.2, 0) is 6.54 Å². The number of nitrogens with zero attached hydrogens (tertiary/aromatic N) is 2. The van der Waals surface area contributed by atoms with E-state index in [9.17, 15) is 9.59 Å². The van der Waals surface area contributed by atoms with Gasteiger partial charge in [-0.25, -0.2) is 4.98 Å². The number of carbonyl (C=O) groups is 1. The number of ether oxygens (including phenoxy) is 1. The summed E-state index contributed by atoms with van der Waals surface area (Å²) in [7, 11) is 1.52. The molecule has 0 aliphatic heterocycles. The molecule has 6 heteroatoms. The van der Waals surface area contributed by atoms with E-state index in [1.807, 2.05) is 18.4 Å². The Balaban J connectivity index is 1.98. The van der Waals surface area contributed by atoms with Crippen molar-refractivity contribution in [3.63, 3.8) is 0 Å². The number of ketones is 1. The van der Waals surface area contributed by atoms with Crippen LogP contribution in [0.15, 0.2) is 40.8 Å². The lowest BCUT2D eigenvalue weighted by Crippen LogP contribution is -2.24. The first-order valence-electron chi connectivity index (χ1n) is 6.70. The molecule has 0 unspecified atom stereocenters. The number of rotatable bonds is 4. The molecule has 112 valence electrons. The summed E-state index contributed by atoms with van der Waals surface area (Å²) in [6.45, 7) is 1.85. The van der Waals surface area contributed by atoms with Crippen LogP contribution in [0.25, 0.3) is 10.2 Å². The van der Waals surface area contributed by atoms with Crippen LogP contribution in [-0.4, -0.2) is 22.4 Å². The van der Waals surface area contributed by atoms with E-state index in [2.05, 4.69) is 4.98 Å². The quantitative estimate of drug-likeness (QED) is 0.695. The molecule has 1 aromatic carbocycles. The third kappa shape index (κ3) is 2.53. The van der Waals surface area contributed by atoms with E-state index < -0.39 is 0 Å². The van der Waals surface area contributed by atoms with Gasteiger partial charge in [0.25, 0.3) is 5.56 Å². The second kappa shape index (κ2) is 5.73. The Hall–Kier alpha value is -2.47. The van der Waals surface area contributed by atoms with Gasteiger partial charge in [-0.2, -0.15) is 0 Å². The molecule has 2 aromatic heterocycles. The maximum atomic E-state index is 12.5. The Bertz CT molecular complexity index is 911. The Morgan fingerprint density at radius 1 is 1.36 bits per heavy atom. The van der Waals surface area contributed by atoms with Crippen LogP contribution >= 0.6 is 11.3 Å². The maximum Gasteiger partial charge on any atom is 0.262 e. The van der Waals surface area contributed by atoms with E-state index in [0.717, 1.165) is 5.56 Å². The van der Waals surface area contributed by atoms with E-state index in [1.54, 1.807) is 18.2 Å². The minimum atomic E-state index is -0.203. The lowest BCUT2D eigenvalue weighted by atomic mass is 10.1. The topological polar surface area (TPSA) is 61.2 Å². The third-order valence-corrected chi connectivity index (χ3v) is 4.24. The average molecular weight is 314 g/mol. The number of fused-ring (bicyclic) bond motifs is 1. The van der Waals surface area contributed by atoms with Crippen molar-refractivity contribution < 1.29 is 9.53 Å². The fourth-order valence-electron chi connectivity index (χ4n) is 2.29. The highest BCUT2D eigenvalue weighted by Crippen LogP contribution is 2.21. The molecule has 0 spiro atoms. The molecule has 22 heavy (non-hydrogen) atoms. The Morgan fingerprint density at radius 3 is 2.95 bits per heavy atom. The molecular weight excluding hydrogens is 300 g/mol. The number of aryl methyl sites for hydroxylation is 1. The summed E-state index contributed by atoms with van der Waals surface area (Å²) in [4.78, 5) is 29.7. The molecule has 5 nitrogen and oxygen atoms in total. The molecule has 0 atom stereocenters. The third-order valence-electron chi connectivity index (χ3n) is 3.42. The fraction of sp³-hybridized carbons (Fsp3) is 0.188. The summed E-state index contributed by atoms with van der Waals surface area (Å²) in [5.41, 5.74) is 1.23. The largest absolute Gasteiger partial charge is 0.496 e. The number of methoxy groups -OCH3 is 1. The smallest absolute Gasteiger partial charge is 0.262 e. The lowest BCUT2D eigenvalue weighted by molar-refractivity contribution is 0.0967. The molecule has 0 aliphatic rings. The summed E-state index contributed by atoms with van der Waals surface area (Å²) in [5.74, 6) is 0.326. The zero-order valence-corrected chi connectivity index (χ0v) is 13.0. The van der Waals surface area contributed by atoms with Crippen LogP contribution in [0.3, 0.4) is 0 Å². The summed E-state index contributed by atoms with van der Waals surface area (Å²) in [6.07, 6.45) is 1.42. The van der Waals surface area contributed by atoms with Crippen LogP contribution in [0.1, 0.15) is 15.9 Å². The van der Waals surface area contributed by atoms with Crippen LogP contribution in [0.2, 0.25) is 0 Å². The summed E-state index contributed by atoms with van der Waals surface area (Å²) >= 11 is 1.40. The molecule has 0 aliphatic carbocycles. The zero-order chi connectivity index (χ0) is 15.7. The van der Waals surface area contributed by atoms with Gasteiger partial charge < -0.3 is 4.74 Å². The first-order chi connectivity index (χ1) is 10.6. The predicted octanol–water partition coefficient (Wildman–Crippen LogP) is 2.66. The molecule has 0 radical (unpaired) electrons. The van der Waals surface area contributed by atoms with Crippen molar-refractivity contribution in [3.8, 4) is 5.75 Å². The number of thiophene rings is 1. The van der Waals surface area contributed by atoms with E-state index in [4.69, 9.17) is 4.74 Å². The number of Topliss-reactive ketones (excluding diaryl/α,β-unsaturated/α-hetero) is 1. The van der Waals surface area contributed by atoms with Crippen LogP contribution in [0.4, 0.5) is 0 Å². The molecular formula is C16H14N2O3S. The Kier molecular flexibility index (Phi) is 3.77. The zero-order valence-electron chi connectivity index (χ0n) is 12.2. The first kappa shape index (κ1) is 14.5. The monoisotopic (exact) mass is 314 g/mol. The van der Waals surface area contributed by atoms with Crippen LogP contribution in [0.5, 0.6) is 5.75 Å². The fourth-order valence-corrected chi connectivity index (χ4v) is 3.01. The number of carbonyl (C=O) groups excluding carboxylic acids is 1. The van der Waals surface area contributed by atoms with E-state index in [-0.39, 0.29) is 17.9 Å². The van der Waals surface area contributed by atoms with Gasteiger partial charge >= 0.3 is 0 Å². The van der Waals surface area contributed by atoms with Gasteiger partial charge in [0, 0.05) is 0 Å². The van der Waals surface area contributed by atoms with Crippen molar-refractivity contribution in [3.05, 3.63) is 57.5 Å². The van der Waals surface area contributed by atoms with Gasteiger partial charge in [0.1, 0.15) is 10.6 Å². The number of aromatic nitrogens is 2. The number of benzene rings is 1. The van der Waals surface area contributed by atoms with E-state index in [1.165, 1.54) is 29.3 Å². The minimum Gasteiger partial charge on any atom is -0.496 e. The summed E-state index contributed by atoms with van der Waals surface area (Å²) < 4.78 is 6.56. The van der Waals surface area contributed by atoms with Gasteiger partial charge in [0.15, 0.2) is 5.78 Å². The first-order valence-corrected chi connectivity index (χ1v) is 7.58. The molecule has 0 saturated heterocycles. The number of hydrogen-bond donors (Lipinski definition) is 0. The van der Waals surface area contributed by atoms with Gasteiger partial charge in [0.2, 0.25) is 0 Å². The van der Waals surface area contributed by atoms with Gasteiger partial charge in [-0.3, -0.25) is 14.2 Å². The molecule has 0 saturated carbocycles. The van der Waals surface area contributed by atoms with Gasteiger partial charge in [-0.05, 0) is 30.5 Å². The molecule has 0 N–H and O–H groups in total. The SMILES string of the molecule is COc1ccc(C)cc1C(=O)Cn1cnc2sccc2c1=O. The van der Waals surface area contributed by atoms with Gasteiger partial charge in [0.05, 0.1) is 30.9 Å². The highest BCUT2D eigenvalue weighted by molar-refractivity contribution is 7.16. The molecule has 0 amide bonds. The number of hydrogen-bond acceptors (Lipinski definition) is 5. The van der Waals surface area contributed by atoms with E-state index >= 15 is 0 Å². The molecule has 3 aromatic rings. The van der Waals surface area contributed by atoms with Crippen molar-refractivity contribution in [2.24, 2.45) is 0 Å². The normalized spacial score (nSPS) is 10.8. The standard InChI is InChI=1S/C16H14N2O3S/c1-10-3-4-14(21-2)12(7-10)13(19)8-18-9-17-15-11(16(18)20)5-6-22-15/h3-7,9H,8H2,1-2H3. The van der Waals surface area contributed by atoms with Crippen molar-refractivity contribution >= 4 is 27.3 Å². The van der Waals surface area contributed by atoms with E-state index in [0.29, 0.717) is 21.5 Å². The Morgan fingerprint density at radius 2 is 2.18 bits per heavy atom. The van der Waals surface area contributed by atoms with Crippen molar-refractivity contribution in [2.45, 2.75) is 13.5 Å². The highest BCUT2D eigenvalue weighted by atomic mass is 32.1. The van der Waals surface area contributed by atoms with Crippen molar-refractivity contribution in [1.29, 1.82) is 0 Å². The molecule has 0 fully saturated rings. The van der Waals surface area contributed by atoms with Crippen molar-refractivity contribution in [2.75, 3.05) is 7.11 Å². The molecule has 2 heterocycles. The Labute approximate surface area is 130 Å². The van der Waals surface area contributed by atoms with Gasteiger partial charge in [-0.15, -0.1) is 11.3 Å². The predicted molar refractivity (Wildman–Crippen MR) is 85.9 cm³/mol. The minimum absolute atomic E-state index is 0.0581. The molecule has 0 bridgehead atoms. The molecule has 3 rings (SSSR count). The lowest BCUT2D eigenvalue weighted by Gasteiger charge is -2.09. The second-order valence-electron chi connectivity index (χ2n) is 4.94. The summed E-state index contributed by atoms with van der Waals surface area (Å²) in [5, 5.41) is 2.35.